The number of nitrogens with zero attached hydrogens (tertiary/aromatic N) is 2. The Morgan fingerprint density at radius 3 is 2.43 bits per heavy atom. The summed E-state index contributed by atoms with van der Waals surface area (Å²) in [5, 5.41) is 3.43. The van der Waals surface area contributed by atoms with Gasteiger partial charge in [-0.15, -0.1) is 0 Å². The van der Waals surface area contributed by atoms with Crippen LogP contribution in [-0.4, -0.2) is 45.4 Å². The Hall–Kier alpha value is -2.90. The van der Waals surface area contributed by atoms with Crippen molar-refractivity contribution in [1.82, 2.24) is 19.8 Å². The minimum absolute atomic E-state index is 0.0544. The van der Waals surface area contributed by atoms with E-state index in [-0.39, 0.29) is 35.9 Å². The fourth-order valence-corrected chi connectivity index (χ4v) is 3.71. The van der Waals surface area contributed by atoms with Crippen LogP contribution in [0.15, 0.2) is 27.8 Å². The molecule has 162 valence electrons. The standard InChI is InChI=1S/C22H30N4O4/c1-5-26-21(29)17-7-6-16(12-18(17)24-22(26)30)20(28)25-10-8-15(9-11-25)19(27)23-14(4)13(2)3/h6-7,12-15H,5,8-11H2,1-4H3,(H,23,27)(H,24,30)/t14-/m1/s1. The number of aromatic amines is 1. The van der Waals surface area contributed by atoms with Gasteiger partial charge in [-0.05, 0) is 50.8 Å². The van der Waals surface area contributed by atoms with Gasteiger partial charge in [0.1, 0.15) is 0 Å². The Bertz CT molecular complexity index is 1060. The molecule has 0 bridgehead atoms. The summed E-state index contributed by atoms with van der Waals surface area (Å²) in [6.07, 6.45) is 1.24. The number of piperidine rings is 1. The van der Waals surface area contributed by atoms with Gasteiger partial charge in [0.2, 0.25) is 5.91 Å². The SMILES string of the molecule is CCn1c(=O)[nH]c2cc(C(=O)N3CCC(C(=O)N[C@H](C)C(C)C)CC3)ccc2c1=O. The van der Waals surface area contributed by atoms with Gasteiger partial charge in [0.15, 0.2) is 0 Å². The summed E-state index contributed by atoms with van der Waals surface area (Å²) in [4.78, 5) is 54.2. The van der Waals surface area contributed by atoms with E-state index in [1.807, 2.05) is 6.92 Å². The number of fused-ring (bicyclic) bond motifs is 1. The van der Waals surface area contributed by atoms with E-state index >= 15 is 0 Å². The molecule has 1 aromatic heterocycles. The Morgan fingerprint density at radius 1 is 1.17 bits per heavy atom. The lowest BCUT2D eigenvalue weighted by Crippen LogP contribution is -2.45. The van der Waals surface area contributed by atoms with Crippen LogP contribution in [0.25, 0.3) is 10.9 Å². The monoisotopic (exact) mass is 414 g/mol. The molecule has 0 unspecified atom stereocenters. The van der Waals surface area contributed by atoms with Crippen LogP contribution in [0.4, 0.5) is 0 Å². The number of carbonyl (C=O) groups excluding carboxylic acids is 2. The van der Waals surface area contributed by atoms with Crippen LogP contribution in [0.5, 0.6) is 0 Å². The molecule has 1 saturated heterocycles. The first kappa shape index (κ1) is 21.8. The van der Waals surface area contributed by atoms with Crippen LogP contribution in [-0.2, 0) is 11.3 Å². The van der Waals surface area contributed by atoms with Crippen LogP contribution in [0.2, 0.25) is 0 Å². The Balaban J connectivity index is 1.71. The molecule has 2 N–H and O–H groups in total. The van der Waals surface area contributed by atoms with Crippen LogP contribution in [0, 0.1) is 11.8 Å². The van der Waals surface area contributed by atoms with Gasteiger partial charge in [0, 0.05) is 37.2 Å². The van der Waals surface area contributed by atoms with Crippen LogP contribution >= 0.6 is 0 Å². The first-order valence-corrected chi connectivity index (χ1v) is 10.6. The van der Waals surface area contributed by atoms with E-state index in [0.29, 0.717) is 48.3 Å². The third-order valence-corrected chi connectivity index (χ3v) is 6.07. The largest absolute Gasteiger partial charge is 0.353 e. The van der Waals surface area contributed by atoms with Crippen molar-refractivity contribution in [2.45, 2.75) is 53.1 Å². The number of carbonyl (C=O) groups is 2. The van der Waals surface area contributed by atoms with E-state index in [1.54, 1.807) is 30.0 Å². The molecular weight excluding hydrogens is 384 g/mol. The normalized spacial score (nSPS) is 16.1. The third kappa shape index (κ3) is 4.32. The van der Waals surface area contributed by atoms with Gasteiger partial charge in [-0.3, -0.25) is 19.0 Å². The van der Waals surface area contributed by atoms with E-state index in [9.17, 15) is 19.2 Å². The lowest BCUT2D eigenvalue weighted by molar-refractivity contribution is -0.127. The summed E-state index contributed by atoms with van der Waals surface area (Å²) in [5.41, 5.74) is -0.0691. The van der Waals surface area contributed by atoms with Gasteiger partial charge in [-0.2, -0.15) is 0 Å². The first-order valence-electron chi connectivity index (χ1n) is 10.6. The quantitative estimate of drug-likeness (QED) is 0.777. The molecule has 2 aromatic rings. The van der Waals surface area contributed by atoms with E-state index in [0.717, 1.165) is 4.57 Å². The molecule has 1 aromatic carbocycles. The highest BCUT2D eigenvalue weighted by Crippen LogP contribution is 2.21. The van der Waals surface area contributed by atoms with Crippen molar-refractivity contribution < 1.29 is 9.59 Å². The highest BCUT2D eigenvalue weighted by Gasteiger charge is 2.29. The minimum atomic E-state index is -0.484. The van der Waals surface area contributed by atoms with Crippen molar-refractivity contribution in [2.24, 2.45) is 11.8 Å². The highest BCUT2D eigenvalue weighted by atomic mass is 16.2. The number of benzene rings is 1. The van der Waals surface area contributed by atoms with Gasteiger partial charge in [-0.25, -0.2) is 4.79 Å². The van der Waals surface area contributed by atoms with Crippen LogP contribution < -0.4 is 16.6 Å². The van der Waals surface area contributed by atoms with Crippen molar-refractivity contribution in [1.29, 1.82) is 0 Å². The molecule has 0 spiro atoms. The van der Waals surface area contributed by atoms with Gasteiger partial charge in [0.05, 0.1) is 10.9 Å². The number of hydrogen-bond donors (Lipinski definition) is 2. The number of rotatable bonds is 5. The molecule has 1 aliphatic rings. The summed E-state index contributed by atoms with van der Waals surface area (Å²) in [7, 11) is 0. The van der Waals surface area contributed by atoms with Crippen molar-refractivity contribution in [3.8, 4) is 0 Å². The fourth-order valence-electron chi connectivity index (χ4n) is 3.71. The summed E-state index contributed by atoms with van der Waals surface area (Å²) in [5.74, 6) is 0.178. The van der Waals surface area contributed by atoms with E-state index in [2.05, 4.69) is 24.1 Å². The van der Waals surface area contributed by atoms with Crippen LogP contribution in [0.1, 0.15) is 50.9 Å². The minimum Gasteiger partial charge on any atom is -0.353 e. The second kappa shape index (κ2) is 8.85. The molecular formula is C22H30N4O4. The number of aromatic nitrogens is 2. The predicted molar refractivity (Wildman–Crippen MR) is 116 cm³/mol. The molecule has 0 aliphatic carbocycles. The molecule has 8 nitrogen and oxygen atoms in total. The maximum Gasteiger partial charge on any atom is 0.328 e. The average Bonchev–Trinajstić information content (AvgIpc) is 2.73. The van der Waals surface area contributed by atoms with E-state index in [1.165, 1.54) is 0 Å². The third-order valence-electron chi connectivity index (χ3n) is 6.07. The molecule has 2 amide bonds. The fraction of sp³-hybridized carbons (Fsp3) is 0.545. The number of nitrogens with one attached hydrogen (secondary N) is 2. The molecule has 0 saturated carbocycles. The zero-order valence-corrected chi connectivity index (χ0v) is 18.0. The number of likely N-dealkylation sites (tertiary alicyclic amines) is 1. The second-order valence-electron chi connectivity index (χ2n) is 8.35. The summed E-state index contributed by atoms with van der Waals surface area (Å²) < 4.78 is 1.12. The molecule has 2 heterocycles. The molecule has 0 radical (unpaired) electrons. The molecule has 3 rings (SSSR count). The molecule has 1 aliphatic heterocycles. The zero-order chi connectivity index (χ0) is 22.0. The van der Waals surface area contributed by atoms with Gasteiger partial charge < -0.3 is 15.2 Å². The van der Waals surface area contributed by atoms with E-state index in [4.69, 9.17) is 0 Å². The lowest BCUT2D eigenvalue weighted by atomic mass is 9.94. The Morgan fingerprint density at radius 2 is 1.83 bits per heavy atom. The predicted octanol–water partition coefficient (Wildman–Crippen LogP) is 1.72. The first-order chi connectivity index (χ1) is 14.2. The number of amides is 2. The topological polar surface area (TPSA) is 104 Å². The lowest BCUT2D eigenvalue weighted by Gasteiger charge is -2.32. The smallest absolute Gasteiger partial charge is 0.328 e. The van der Waals surface area contributed by atoms with Crippen LogP contribution in [0.3, 0.4) is 0 Å². The van der Waals surface area contributed by atoms with Gasteiger partial charge in [0.25, 0.3) is 11.5 Å². The summed E-state index contributed by atoms with van der Waals surface area (Å²) >= 11 is 0. The van der Waals surface area contributed by atoms with Crippen molar-refractivity contribution in [3.63, 3.8) is 0 Å². The Labute approximate surface area is 175 Å². The van der Waals surface area contributed by atoms with Gasteiger partial charge in [-0.1, -0.05) is 13.8 Å². The Kier molecular flexibility index (Phi) is 6.43. The molecule has 1 fully saturated rings. The maximum atomic E-state index is 12.9. The summed E-state index contributed by atoms with van der Waals surface area (Å²) in [6.45, 7) is 9.15. The number of hydrogen-bond acceptors (Lipinski definition) is 4. The van der Waals surface area contributed by atoms with Crippen molar-refractivity contribution in [2.75, 3.05) is 13.1 Å². The second-order valence-corrected chi connectivity index (χ2v) is 8.35. The zero-order valence-electron chi connectivity index (χ0n) is 18.0. The molecule has 30 heavy (non-hydrogen) atoms. The van der Waals surface area contributed by atoms with E-state index < -0.39 is 5.69 Å². The maximum absolute atomic E-state index is 12.9. The average molecular weight is 415 g/mol. The van der Waals surface area contributed by atoms with Crippen molar-refractivity contribution >= 4 is 22.7 Å². The highest BCUT2D eigenvalue weighted by molar-refractivity contribution is 5.97. The van der Waals surface area contributed by atoms with Crippen molar-refractivity contribution in [3.05, 3.63) is 44.6 Å². The molecule has 8 heteroatoms. The number of H-pyrrole nitrogens is 1. The molecule has 1 atom stereocenters. The van der Waals surface area contributed by atoms with Gasteiger partial charge >= 0.3 is 5.69 Å². The summed E-state index contributed by atoms with van der Waals surface area (Å²) in [6, 6.07) is 4.88.